The number of aliphatic hydroxyl groups excluding tert-OH is 1. The second-order valence-electron chi connectivity index (χ2n) is 12.3. The lowest BCUT2D eigenvalue weighted by atomic mass is 10.0. The minimum atomic E-state index is -1.68. The summed E-state index contributed by atoms with van der Waals surface area (Å²) in [6.07, 6.45) is -2.39. The van der Waals surface area contributed by atoms with Crippen LogP contribution in [-0.2, 0) is 47.9 Å². The number of nitrogens with two attached hydrogens (primary N) is 1. The highest BCUT2D eigenvalue weighted by Gasteiger charge is 2.40. The molecule has 0 aromatic rings. The molecular weight excluding hydrogens is 680 g/mol. The molecule has 0 unspecified atom stereocenters. The topological polar surface area (TPSA) is 333 Å². The molecule has 21 heteroatoms. The van der Waals surface area contributed by atoms with Crippen molar-refractivity contribution in [3.63, 3.8) is 0 Å². The normalized spacial score (nSPS) is 16.7. The molecule has 1 heterocycles. The van der Waals surface area contributed by atoms with Crippen LogP contribution in [0.3, 0.4) is 0 Å². The second kappa shape index (κ2) is 21.8. The molecule has 1 aliphatic heterocycles. The van der Waals surface area contributed by atoms with Crippen molar-refractivity contribution in [3.8, 4) is 0 Å². The molecule has 0 aliphatic carbocycles. The molecule has 0 saturated carbocycles. The summed E-state index contributed by atoms with van der Waals surface area (Å²) < 4.78 is 0. The zero-order valence-electron chi connectivity index (χ0n) is 28.6. The van der Waals surface area contributed by atoms with Crippen LogP contribution >= 0.6 is 0 Å². The number of likely N-dealkylation sites (tertiary alicyclic amines) is 1. The van der Waals surface area contributed by atoms with Crippen LogP contribution in [0.5, 0.6) is 0 Å². The van der Waals surface area contributed by atoms with Crippen LogP contribution < -0.4 is 37.6 Å². The number of nitrogens with one attached hydrogen (secondary N) is 6. The van der Waals surface area contributed by atoms with Crippen molar-refractivity contribution in [2.24, 2.45) is 11.7 Å². The summed E-state index contributed by atoms with van der Waals surface area (Å²) in [5.41, 5.74) is 5.75. The standard InChI is InChI=1S/C30H48N8O13/c1-15(2)11-17(31)26(47)34-13-21(41)33-14-22(42)35-19(12-24(45)46)30(51)38-9-4-5-20(38)28(49)36-18(6-7-23(43)44)27(48)37-25(16(3)40)29(50)32-8-10-39/h10,15-20,25,40H,4-9,11-14,31H2,1-3H3,(H,32,50)(H,33,41)(H,34,47)(H,35,42)(H,36,49)(H,37,48)(H,43,44)(H,45,46)/t16-,17-,18-,19-,20-,25-/m0/s1. The van der Waals surface area contributed by atoms with E-state index in [4.69, 9.17) is 10.8 Å². The van der Waals surface area contributed by atoms with Gasteiger partial charge in [0.15, 0.2) is 0 Å². The molecule has 286 valence electrons. The third kappa shape index (κ3) is 15.9. The highest BCUT2D eigenvalue weighted by Crippen LogP contribution is 2.20. The molecule has 6 atom stereocenters. The summed E-state index contributed by atoms with van der Waals surface area (Å²) in [5, 5.41) is 42.1. The lowest BCUT2D eigenvalue weighted by molar-refractivity contribution is -0.146. The molecule has 51 heavy (non-hydrogen) atoms. The van der Waals surface area contributed by atoms with Crippen LogP contribution in [0, 0.1) is 5.92 Å². The van der Waals surface area contributed by atoms with Gasteiger partial charge in [0.05, 0.1) is 38.2 Å². The maximum absolute atomic E-state index is 13.5. The van der Waals surface area contributed by atoms with Crippen LogP contribution in [0.1, 0.15) is 59.3 Å². The number of carbonyl (C=O) groups is 10. The van der Waals surface area contributed by atoms with Crippen LogP contribution in [0.25, 0.3) is 0 Å². The summed E-state index contributed by atoms with van der Waals surface area (Å²) in [7, 11) is 0. The molecule has 11 N–H and O–H groups in total. The van der Waals surface area contributed by atoms with Crippen LogP contribution in [-0.4, -0.2) is 142 Å². The highest BCUT2D eigenvalue weighted by molar-refractivity contribution is 5.97. The number of nitrogens with zero attached hydrogens (tertiary/aromatic N) is 1. The van der Waals surface area contributed by atoms with Crippen molar-refractivity contribution in [2.75, 3.05) is 26.2 Å². The average molecular weight is 729 g/mol. The van der Waals surface area contributed by atoms with E-state index in [0.29, 0.717) is 12.7 Å². The molecule has 1 saturated heterocycles. The van der Waals surface area contributed by atoms with E-state index < -0.39 is 128 Å². The molecule has 1 aliphatic rings. The molecule has 0 radical (unpaired) electrons. The first-order chi connectivity index (χ1) is 23.9. The third-order valence-electron chi connectivity index (χ3n) is 7.48. The number of carbonyl (C=O) groups excluding carboxylic acids is 8. The Labute approximate surface area is 293 Å². The second-order valence-corrected chi connectivity index (χ2v) is 12.3. The van der Waals surface area contributed by atoms with Gasteiger partial charge in [-0.1, -0.05) is 13.8 Å². The zero-order valence-corrected chi connectivity index (χ0v) is 28.6. The quantitative estimate of drug-likeness (QED) is 0.0467. The molecule has 7 amide bonds. The number of hydrogen-bond acceptors (Lipinski definition) is 12. The van der Waals surface area contributed by atoms with Gasteiger partial charge in [0.25, 0.3) is 0 Å². The first-order valence-electron chi connectivity index (χ1n) is 16.2. The Morgan fingerprint density at radius 1 is 0.824 bits per heavy atom. The number of aliphatic hydroxyl groups is 1. The number of aldehydes is 1. The Kier molecular flexibility index (Phi) is 18.7. The average Bonchev–Trinajstić information content (AvgIpc) is 3.54. The Morgan fingerprint density at radius 3 is 2.04 bits per heavy atom. The van der Waals surface area contributed by atoms with Gasteiger partial charge in [-0.05, 0) is 38.5 Å². The van der Waals surface area contributed by atoms with Gasteiger partial charge in [0.2, 0.25) is 41.4 Å². The van der Waals surface area contributed by atoms with Gasteiger partial charge < -0.3 is 62.6 Å². The van der Waals surface area contributed by atoms with E-state index >= 15 is 0 Å². The Morgan fingerprint density at radius 2 is 1.47 bits per heavy atom. The predicted octanol–water partition coefficient (Wildman–Crippen LogP) is -4.93. The maximum Gasteiger partial charge on any atom is 0.305 e. The van der Waals surface area contributed by atoms with E-state index in [2.05, 4.69) is 31.9 Å². The smallest absolute Gasteiger partial charge is 0.305 e. The molecule has 0 spiro atoms. The zero-order chi connectivity index (χ0) is 38.8. The van der Waals surface area contributed by atoms with E-state index in [9.17, 15) is 58.2 Å². The Balaban J connectivity index is 2.98. The van der Waals surface area contributed by atoms with Gasteiger partial charge in [0.1, 0.15) is 30.5 Å². The van der Waals surface area contributed by atoms with Crippen LogP contribution in [0.4, 0.5) is 0 Å². The fourth-order valence-corrected chi connectivity index (χ4v) is 4.99. The van der Waals surface area contributed by atoms with Gasteiger partial charge in [-0.15, -0.1) is 0 Å². The lowest BCUT2D eigenvalue weighted by Gasteiger charge is -2.30. The summed E-state index contributed by atoms with van der Waals surface area (Å²) in [6.45, 7) is 3.23. The minimum absolute atomic E-state index is 0.0472. The van der Waals surface area contributed by atoms with E-state index in [1.165, 1.54) is 6.92 Å². The molecule has 0 bridgehead atoms. The first kappa shape index (κ1) is 43.8. The fraction of sp³-hybridized carbons (Fsp3) is 0.667. The molecule has 1 rings (SSSR count). The summed E-state index contributed by atoms with van der Waals surface area (Å²) in [6, 6.07) is -6.96. The van der Waals surface area contributed by atoms with Crippen molar-refractivity contribution in [3.05, 3.63) is 0 Å². The Hall–Kier alpha value is -5.18. The van der Waals surface area contributed by atoms with E-state index in [0.717, 1.165) is 4.90 Å². The van der Waals surface area contributed by atoms with E-state index in [-0.39, 0.29) is 25.3 Å². The summed E-state index contributed by atoms with van der Waals surface area (Å²) in [5.74, 6) is -8.84. The number of rotatable bonds is 22. The summed E-state index contributed by atoms with van der Waals surface area (Å²) in [4.78, 5) is 123. The lowest BCUT2D eigenvalue weighted by Crippen LogP contribution is -2.59. The molecule has 1 fully saturated rings. The number of hydrogen-bond donors (Lipinski definition) is 10. The molecule has 0 aromatic heterocycles. The van der Waals surface area contributed by atoms with Gasteiger partial charge in [-0.3, -0.25) is 43.2 Å². The van der Waals surface area contributed by atoms with Gasteiger partial charge in [-0.25, -0.2) is 0 Å². The maximum atomic E-state index is 13.5. The van der Waals surface area contributed by atoms with Crippen molar-refractivity contribution >= 4 is 59.6 Å². The molecule has 0 aromatic carbocycles. The van der Waals surface area contributed by atoms with E-state index in [1.807, 2.05) is 13.8 Å². The number of carboxylic acid groups (broad SMARTS) is 2. The first-order valence-corrected chi connectivity index (χ1v) is 16.2. The van der Waals surface area contributed by atoms with Gasteiger partial charge in [0, 0.05) is 13.0 Å². The van der Waals surface area contributed by atoms with Crippen LogP contribution in [0.2, 0.25) is 0 Å². The number of carboxylic acids is 2. The Bertz CT molecular complexity index is 1310. The van der Waals surface area contributed by atoms with Gasteiger partial charge in [-0.2, -0.15) is 0 Å². The van der Waals surface area contributed by atoms with E-state index in [1.54, 1.807) is 0 Å². The minimum Gasteiger partial charge on any atom is -0.481 e. The SMILES string of the molecule is CC(C)C[C@H](N)C(=O)NCC(=O)NCC(=O)N[C@@H](CC(=O)O)C(=O)N1CCC[C@H]1C(=O)N[C@@H](CCC(=O)O)C(=O)N[C@H](C(=O)NCC=O)[C@H](C)O. The van der Waals surface area contributed by atoms with Gasteiger partial charge >= 0.3 is 11.9 Å². The summed E-state index contributed by atoms with van der Waals surface area (Å²) >= 11 is 0. The highest BCUT2D eigenvalue weighted by atomic mass is 16.4. The largest absolute Gasteiger partial charge is 0.481 e. The van der Waals surface area contributed by atoms with Crippen molar-refractivity contribution in [1.29, 1.82) is 0 Å². The number of amides is 7. The van der Waals surface area contributed by atoms with Crippen molar-refractivity contribution < 1.29 is 63.3 Å². The third-order valence-corrected chi connectivity index (χ3v) is 7.48. The predicted molar refractivity (Wildman–Crippen MR) is 174 cm³/mol. The molecular formula is C30H48N8O13. The van der Waals surface area contributed by atoms with Crippen LogP contribution in [0.15, 0.2) is 0 Å². The number of aliphatic carboxylic acids is 2. The molecule has 21 nitrogen and oxygen atoms in total. The van der Waals surface area contributed by atoms with Crippen molar-refractivity contribution in [2.45, 2.75) is 95.6 Å². The van der Waals surface area contributed by atoms with Crippen molar-refractivity contribution in [1.82, 2.24) is 36.8 Å². The fourth-order valence-electron chi connectivity index (χ4n) is 4.99. The monoisotopic (exact) mass is 728 g/mol.